The van der Waals surface area contributed by atoms with Gasteiger partial charge in [0.25, 0.3) is 0 Å². The van der Waals surface area contributed by atoms with Crippen LogP contribution in [0.25, 0.3) is 0 Å². The third-order valence-electron chi connectivity index (χ3n) is 2.21. The van der Waals surface area contributed by atoms with E-state index in [1.165, 1.54) is 0 Å². The largest absolute Gasteiger partial charge is 0.493 e. The average molecular weight is 224 g/mol. The summed E-state index contributed by atoms with van der Waals surface area (Å²) in [6, 6.07) is 5.65. The maximum Gasteiger partial charge on any atom is 0.306 e. The lowest BCUT2D eigenvalue weighted by Crippen LogP contribution is -2.05. The van der Waals surface area contributed by atoms with E-state index in [0.717, 1.165) is 12.0 Å². The van der Waals surface area contributed by atoms with Gasteiger partial charge < -0.3 is 14.6 Å². The van der Waals surface area contributed by atoms with Crippen molar-refractivity contribution in [2.75, 3.05) is 13.7 Å². The van der Waals surface area contributed by atoms with Crippen LogP contribution in [0.2, 0.25) is 0 Å². The number of rotatable bonds is 6. The molecule has 0 aliphatic heterocycles. The van der Waals surface area contributed by atoms with Gasteiger partial charge in [-0.3, -0.25) is 4.79 Å². The lowest BCUT2D eigenvalue weighted by molar-refractivity contribution is -0.137. The highest BCUT2D eigenvalue weighted by molar-refractivity contribution is 5.66. The van der Waals surface area contributed by atoms with Crippen LogP contribution < -0.4 is 9.47 Å². The molecule has 0 aliphatic rings. The molecule has 0 radical (unpaired) electrons. The number of carboxylic acids is 1. The first-order chi connectivity index (χ1) is 7.67. The van der Waals surface area contributed by atoms with E-state index in [1.807, 2.05) is 12.1 Å². The van der Waals surface area contributed by atoms with E-state index >= 15 is 0 Å². The Bertz CT molecular complexity index is 360. The molecule has 0 atom stereocenters. The van der Waals surface area contributed by atoms with Gasteiger partial charge in [-0.15, -0.1) is 0 Å². The summed E-state index contributed by atoms with van der Waals surface area (Å²) in [4.78, 5) is 10.3. The molecule has 0 amide bonds. The van der Waals surface area contributed by atoms with Gasteiger partial charge in [0.15, 0.2) is 11.5 Å². The Balaban J connectivity index is 2.68. The summed E-state index contributed by atoms with van der Waals surface area (Å²) in [6.07, 6.45) is 0.907. The van der Waals surface area contributed by atoms with Gasteiger partial charge >= 0.3 is 5.97 Å². The van der Waals surface area contributed by atoms with Gasteiger partial charge in [-0.1, -0.05) is 13.0 Å². The third kappa shape index (κ3) is 3.46. The van der Waals surface area contributed by atoms with Crippen molar-refractivity contribution in [1.82, 2.24) is 0 Å². The van der Waals surface area contributed by atoms with Crippen molar-refractivity contribution in [3.8, 4) is 11.5 Å². The fourth-order valence-electron chi connectivity index (χ4n) is 1.30. The Hall–Kier alpha value is -1.71. The molecule has 1 aromatic rings. The van der Waals surface area contributed by atoms with Crippen LogP contribution in [-0.4, -0.2) is 24.8 Å². The molecule has 16 heavy (non-hydrogen) atoms. The van der Waals surface area contributed by atoms with Crippen LogP contribution in [-0.2, 0) is 11.2 Å². The number of benzene rings is 1. The summed E-state index contributed by atoms with van der Waals surface area (Å²) in [5, 5.41) is 8.49. The van der Waals surface area contributed by atoms with Gasteiger partial charge in [0.05, 0.1) is 20.1 Å². The highest BCUT2D eigenvalue weighted by Gasteiger charge is 2.06. The Labute approximate surface area is 94.8 Å². The summed E-state index contributed by atoms with van der Waals surface area (Å²) >= 11 is 0. The zero-order chi connectivity index (χ0) is 12.0. The molecule has 0 heterocycles. The van der Waals surface area contributed by atoms with E-state index in [1.54, 1.807) is 13.2 Å². The number of aliphatic carboxylic acids is 1. The zero-order valence-electron chi connectivity index (χ0n) is 9.53. The fraction of sp³-hybridized carbons (Fsp3) is 0.417. The predicted octanol–water partition coefficient (Wildman–Crippen LogP) is 2.11. The molecule has 0 spiro atoms. The van der Waals surface area contributed by atoms with Crippen molar-refractivity contribution in [3.05, 3.63) is 23.8 Å². The molecule has 88 valence electrons. The third-order valence-corrected chi connectivity index (χ3v) is 2.21. The number of ether oxygens (including phenoxy) is 2. The Morgan fingerprint density at radius 3 is 2.69 bits per heavy atom. The first kappa shape index (κ1) is 12.4. The summed E-state index contributed by atoms with van der Waals surface area (Å²) < 4.78 is 10.5. The molecule has 1 rings (SSSR count). The minimum absolute atomic E-state index is 0.0152. The topological polar surface area (TPSA) is 55.8 Å². The average Bonchev–Trinajstić information content (AvgIpc) is 2.29. The molecule has 1 aromatic carbocycles. The highest BCUT2D eigenvalue weighted by Crippen LogP contribution is 2.28. The van der Waals surface area contributed by atoms with Crippen molar-refractivity contribution in [2.24, 2.45) is 0 Å². The molecule has 0 fully saturated rings. The molecule has 0 unspecified atom stereocenters. The molecule has 0 saturated carbocycles. The monoisotopic (exact) mass is 224 g/mol. The normalized spacial score (nSPS) is 9.88. The fourth-order valence-corrected chi connectivity index (χ4v) is 1.30. The quantitative estimate of drug-likeness (QED) is 0.804. The molecule has 4 heteroatoms. The summed E-state index contributed by atoms with van der Waals surface area (Å²) in [7, 11) is 1.57. The van der Waals surface area contributed by atoms with E-state index in [0.29, 0.717) is 11.5 Å². The van der Waals surface area contributed by atoms with E-state index in [4.69, 9.17) is 14.6 Å². The lowest BCUT2D eigenvalue weighted by Gasteiger charge is -2.10. The molecule has 4 nitrogen and oxygen atoms in total. The van der Waals surface area contributed by atoms with Crippen LogP contribution in [0.5, 0.6) is 11.5 Å². The number of methoxy groups -OCH3 is 1. The predicted molar refractivity (Wildman–Crippen MR) is 60.1 cm³/mol. The van der Waals surface area contributed by atoms with E-state index in [2.05, 4.69) is 6.92 Å². The van der Waals surface area contributed by atoms with E-state index in [9.17, 15) is 4.79 Å². The minimum Gasteiger partial charge on any atom is -0.493 e. The Kier molecular flexibility index (Phi) is 4.64. The van der Waals surface area contributed by atoms with Crippen molar-refractivity contribution in [2.45, 2.75) is 19.8 Å². The van der Waals surface area contributed by atoms with Crippen molar-refractivity contribution >= 4 is 5.97 Å². The maximum atomic E-state index is 10.3. The first-order valence-corrected chi connectivity index (χ1v) is 5.19. The summed E-state index contributed by atoms with van der Waals surface area (Å²) in [5.74, 6) is 0.356. The number of carboxylic acid groups (broad SMARTS) is 1. The minimum atomic E-state index is -0.871. The van der Waals surface area contributed by atoms with Crippen LogP contribution in [0.4, 0.5) is 0 Å². The van der Waals surface area contributed by atoms with Gasteiger partial charge in [-0.25, -0.2) is 0 Å². The number of aryl methyl sites for hydroxylation is 1. The second-order valence-electron chi connectivity index (χ2n) is 3.33. The molecule has 0 saturated heterocycles. The van der Waals surface area contributed by atoms with Crippen LogP contribution in [0.3, 0.4) is 0 Å². The highest BCUT2D eigenvalue weighted by atomic mass is 16.5. The standard InChI is InChI=1S/C12H16O4/c1-3-9-4-5-10(11(8-9)15-2)16-7-6-12(13)14/h4-5,8H,3,6-7H2,1-2H3,(H,13,14). The second-order valence-corrected chi connectivity index (χ2v) is 3.33. The maximum absolute atomic E-state index is 10.3. The van der Waals surface area contributed by atoms with Gasteiger partial charge in [-0.05, 0) is 24.1 Å². The van der Waals surface area contributed by atoms with Gasteiger partial charge in [0, 0.05) is 0 Å². The van der Waals surface area contributed by atoms with Crippen molar-refractivity contribution < 1.29 is 19.4 Å². The van der Waals surface area contributed by atoms with Gasteiger partial charge in [-0.2, -0.15) is 0 Å². The van der Waals surface area contributed by atoms with Crippen molar-refractivity contribution in [1.29, 1.82) is 0 Å². The number of carbonyl (C=O) groups is 1. The summed E-state index contributed by atoms with van der Waals surface area (Å²) in [6.45, 7) is 2.21. The number of hydrogen-bond donors (Lipinski definition) is 1. The molecule has 0 bridgehead atoms. The van der Waals surface area contributed by atoms with Gasteiger partial charge in [0.1, 0.15) is 0 Å². The lowest BCUT2D eigenvalue weighted by atomic mass is 10.1. The molecular formula is C12H16O4. The zero-order valence-corrected chi connectivity index (χ0v) is 9.53. The summed E-state index contributed by atoms with van der Waals surface area (Å²) in [5.41, 5.74) is 1.16. The smallest absolute Gasteiger partial charge is 0.306 e. The van der Waals surface area contributed by atoms with Crippen LogP contribution in [0.15, 0.2) is 18.2 Å². The van der Waals surface area contributed by atoms with Crippen molar-refractivity contribution in [3.63, 3.8) is 0 Å². The van der Waals surface area contributed by atoms with Crippen LogP contribution in [0, 0.1) is 0 Å². The molecule has 1 N–H and O–H groups in total. The van der Waals surface area contributed by atoms with Crippen LogP contribution >= 0.6 is 0 Å². The molecule has 0 aliphatic carbocycles. The van der Waals surface area contributed by atoms with Gasteiger partial charge in [0.2, 0.25) is 0 Å². The number of hydrogen-bond acceptors (Lipinski definition) is 3. The van der Waals surface area contributed by atoms with E-state index < -0.39 is 5.97 Å². The van der Waals surface area contributed by atoms with Crippen LogP contribution in [0.1, 0.15) is 18.9 Å². The molecule has 0 aromatic heterocycles. The molecular weight excluding hydrogens is 208 g/mol. The Morgan fingerprint density at radius 1 is 1.38 bits per heavy atom. The second kappa shape index (κ2) is 6.00. The first-order valence-electron chi connectivity index (χ1n) is 5.19. The SMILES string of the molecule is CCc1ccc(OCCC(=O)O)c(OC)c1. The van der Waals surface area contributed by atoms with E-state index in [-0.39, 0.29) is 13.0 Å². The Morgan fingerprint density at radius 2 is 2.12 bits per heavy atom.